The molecule has 1 amide bonds. The van der Waals surface area contributed by atoms with Gasteiger partial charge in [0.2, 0.25) is 5.91 Å². The zero-order valence-corrected chi connectivity index (χ0v) is 12.7. The Morgan fingerprint density at radius 1 is 0.955 bits per heavy atom. The lowest BCUT2D eigenvalue weighted by Gasteiger charge is -2.10. The third kappa shape index (κ3) is 5.31. The molecule has 0 bridgehead atoms. The summed E-state index contributed by atoms with van der Waals surface area (Å²) >= 11 is 0. The lowest BCUT2D eigenvalue weighted by atomic mass is 10.1. The number of carbonyl (C=O) groups excluding carboxylic acids is 1. The van der Waals surface area contributed by atoms with E-state index in [4.69, 9.17) is 9.47 Å². The van der Waals surface area contributed by atoms with E-state index in [0.29, 0.717) is 19.8 Å². The van der Waals surface area contributed by atoms with E-state index >= 15 is 0 Å². The van der Waals surface area contributed by atoms with Crippen LogP contribution < -0.4 is 5.32 Å². The van der Waals surface area contributed by atoms with Gasteiger partial charge in [-0.1, -0.05) is 54.6 Å². The van der Waals surface area contributed by atoms with Crippen LogP contribution in [0.1, 0.15) is 16.7 Å². The van der Waals surface area contributed by atoms with E-state index in [2.05, 4.69) is 5.32 Å². The molecule has 0 radical (unpaired) electrons. The molecule has 2 aromatic rings. The zero-order valence-electron chi connectivity index (χ0n) is 12.7. The standard InChI is InChI=1S/C18H21NO3/c1-21-13-17-10-6-5-9-16(17)11-19-18(20)14-22-12-15-7-3-2-4-8-15/h2-10H,11-14H2,1H3,(H,19,20). The highest BCUT2D eigenvalue weighted by Crippen LogP contribution is 2.09. The van der Waals surface area contributed by atoms with Crippen molar-refractivity contribution in [3.8, 4) is 0 Å². The molecule has 2 rings (SSSR count). The third-order valence-electron chi connectivity index (χ3n) is 3.24. The molecule has 0 atom stereocenters. The average molecular weight is 299 g/mol. The lowest BCUT2D eigenvalue weighted by Crippen LogP contribution is -2.27. The van der Waals surface area contributed by atoms with Gasteiger partial charge in [-0.25, -0.2) is 0 Å². The minimum Gasteiger partial charge on any atom is -0.380 e. The fraction of sp³-hybridized carbons (Fsp3) is 0.278. The summed E-state index contributed by atoms with van der Waals surface area (Å²) in [6.07, 6.45) is 0. The summed E-state index contributed by atoms with van der Waals surface area (Å²) in [7, 11) is 1.66. The fourth-order valence-corrected chi connectivity index (χ4v) is 2.11. The molecule has 1 N–H and O–H groups in total. The summed E-state index contributed by atoms with van der Waals surface area (Å²) in [5.74, 6) is -0.122. The molecule has 116 valence electrons. The zero-order chi connectivity index (χ0) is 15.6. The third-order valence-corrected chi connectivity index (χ3v) is 3.24. The number of rotatable bonds is 8. The highest BCUT2D eigenvalue weighted by molar-refractivity contribution is 5.77. The molecule has 0 spiro atoms. The number of carbonyl (C=O) groups is 1. The van der Waals surface area contributed by atoms with E-state index in [-0.39, 0.29) is 12.5 Å². The molecule has 0 saturated carbocycles. The van der Waals surface area contributed by atoms with Crippen molar-refractivity contribution >= 4 is 5.91 Å². The van der Waals surface area contributed by atoms with Crippen molar-refractivity contribution in [2.24, 2.45) is 0 Å². The Morgan fingerprint density at radius 3 is 2.36 bits per heavy atom. The van der Waals surface area contributed by atoms with Crippen LogP contribution in [0.5, 0.6) is 0 Å². The summed E-state index contributed by atoms with van der Waals surface area (Å²) in [4.78, 5) is 11.8. The average Bonchev–Trinajstić information content (AvgIpc) is 2.55. The summed E-state index contributed by atoms with van der Waals surface area (Å²) < 4.78 is 10.6. The molecule has 22 heavy (non-hydrogen) atoms. The van der Waals surface area contributed by atoms with E-state index < -0.39 is 0 Å². The summed E-state index contributed by atoms with van der Waals surface area (Å²) in [5, 5.41) is 2.86. The van der Waals surface area contributed by atoms with Gasteiger partial charge >= 0.3 is 0 Å². The number of ether oxygens (including phenoxy) is 2. The number of benzene rings is 2. The summed E-state index contributed by atoms with van der Waals surface area (Å²) in [6, 6.07) is 17.7. The Kier molecular flexibility index (Phi) is 6.61. The summed E-state index contributed by atoms with van der Waals surface area (Å²) in [6.45, 7) is 1.51. The first kappa shape index (κ1) is 16.2. The molecule has 0 aliphatic heterocycles. The second-order valence-corrected chi connectivity index (χ2v) is 4.96. The van der Waals surface area contributed by atoms with Crippen LogP contribution in [-0.2, 0) is 34.0 Å². The van der Waals surface area contributed by atoms with Crippen LogP contribution in [0.4, 0.5) is 0 Å². The van der Waals surface area contributed by atoms with Gasteiger partial charge < -0.3 is 14.8 Å². The molecule has 0 unspecified atom stereocenters. The number of hydrogen-bond donors (Lipinski definition) is 1. The monoisotopic (exact) mass is 299 g/mol. The topological polar surface area (TPSA) is 47.6 Å². The predicted molar refractivity (Wildman–Crippen MR) is 85.1 cm³/mol. The van der Waals surface area contributed by atoms with Crippen molar-refractivity contribution in [1.29, 1.82) is 0 Å². The Hall–Kier alpha value is -2.17. The molecule has 4 nitrogen and oxygen atoms in total. The Morgan fingerprint density at radius 2 is 1.64 bits per heavy atom. The van der Waals surface area contributed by atoms with Gasteiger partial charge in [-0.15, -0.1) is 0 Å². The molecule has 2 aromatic carbocycles. The lowest BCUT2D eigenvalue weighted by molar-refractivity contribution is -0.126. The molecule has 0 heterocycles. The van der Waals surface area contributed by atoms with Gasteiger partial charge in [-0.3, -0.25) is 4.79 Å². The van der Waals surface area contributed by atoms with Gasteiger partial charge in [-0.05, 0) is 16.7 Å². The van der Waals surface area contributed by atoms with Crippen molar-refractivity contribution in [3.05, 3.63) is 71.3 Å². The van der Waals surface area contributed by atoms with Crippen LogP contribution in [0.2, 0.25) is 0 Å². The molecule has 0 aliphatic carbocycles. The van der Waals surface area contributed by atoms with Gasteiger partial charge in [-0.2, -0.15) is 0 Å². The number of methoxy groups -OCH3 is 1. The van der Waals surface area contributed by atoms with Crippen LogP contribution in [0, 0.1) is 0 Å². The molecular weight excluding hydrogens is 278 g/mol. The maximum Gasteiger partial charge on any atom is 0.246 e. The van der Waals surface area contributed by atoms with Crippen LogP contribution >= 0.6 is 0 Å². The van der Waals surface area contributed by atoms with Gasteiger partial charge in [0.15, 0.2) is 0 Å². The second-order valence-electron chi connectivity index (χ2n) is 4.96. The molecule has 4 heteroatoms. The molecule has 0 aromatic heterocycles. The van der Waals surface area contributed by atoms with Gasteiger partial charge in [0.1, 0.15) is 6.61 Å². The molecule has 0 fully saturated rings. The first-order valence-electron chi connectivity index (χ1n) is 7.23. The van der Waals surface area contributed by atoms with Crippen molar-refractivity contribution in [2.45, 2.75) is 19.8 Å². The molecule has 0 saturated heterocycles. The smallest absolute Gasteiger partial charge is 0.246 e. The van der Waals surface area contributed by atoms with Gasteiger partial charge in [0, 0.05) is 13.7 Å². The fourth-order valence-electron chi connectivity index (χ4n) is 2.11. The van der Waals surface area contributed by atoms with E-state index in [0.717, 1.165) is 16.7 Å². The minimum absolute atomic E-state index is 0.0569. The Bertz CT molecular complexity index is 584. The van der Waals surface area contributed by atoms with E-state index in [9.17, 15) is 4.79 Å². The second kappa shape index (κ2) is 8.97. The Labute approximate surface area is 131 Å². The molecular formula is C18H21NO3. The van der Waals surface area contributed by atoms with Crippen molar-refractivity contribution in [1.82, 2.24) is 5.32 Å². The minimum atomic E-state index is -0.122. The predicted octanol–water partition coefficient (Wildman–Crippen LogP) is 2.67. The number of amides is 1. The first-order valence-corrected chi connectivity index (χ1v) is 7.23. The van der Waals surface area contributed by atoms with Crippen molar-refractivity contribution in [3.63, 3.8) is 0 Å². The van der Waals surface area contributed by atoms with Crippen molar-refractivity contribution in [2.75, 3.05) is 13.7 Å². The van der Waals surface area contributed by atoms with Crippen LogP contribution in [-0.4, -0.2) is 19.6 Å². The highest BCUT2D eigenvalue weighted by atomic mass is 16.5. The molecule has 0 aliphatic rings. The number of hydrogen-bond acceptors (Lipinski definition) is 3. The van der Waals surface area contributed by atoms with Crippen molar-refractivity contribution < 1.29 is 14.3 Å². The van der Waals surface area contributed by atoms with Crippen LogP contribution in [0.15, 0.2) is 54.6 Å². The first-order chi connectivity index (χ1) is 10.8. The largest absolute Gasteiger partial charge is 0.380 e. The quantitative estimate of drug-likeness (QED) is 0.815. The van der Waals surface area contributed by atoms with Gasteiger partial charge in [0.05, 0.1) is 13.2 Å². The highest BCUT2D eigenvalue weighted by Gasteiger charge is 2.05. The Balaban J connectivity index is 1.74. The summed E-state index contributed by atoms with van der Waals surface area (Å²) in [5.41, 5.74) is 3.19. The normalized spacial score (nSPS) is 10.4. The SMILES string of the molecule is COCc1ccccc1CNC(=O)COCc1ccccc1. The number of nitrogens with one attached hydrogen (secondary N) is 1. The van der Waals surface area contributed by atoms with E-state index in [1.807, 2.05) is 54.6 Å². The van der Waals surface area contributed by atoms with Gasteiger partial charge in [0.25, 0.3) is 0 Å². The van der Waals surface area contributed by atoms with E-state index in [1.165, 1.54) is 0 Å². The maximum atomic E-state index is 11.8. The van der Waals surface area contributed by atoms with Crippen LogP contribution in [0.3, 0.4) is 0 Å². The van der Waals surface area contributed by atoms with E-state index in [1.54, 1.807) is 7.11 Å². The maximum absolute atomic E-state index is 11.8. The van der Waals surface area contributed by atoms with Crippen LogP contribution in [0.25, 0.3) is 0 Å².